The van der Waals surface area contributed by atoms with Crippen LogP contribution in [0.1, 0.15) is 21.5 Å². The van der Waals surface area contributed by atoms with E-state index < -0.39 is 21.7 Å². The highest BCUT2D eigenvalue weighted by molar-refractivity contribution is 7.89. The van der Waals surface area contributed by atoms with Crippen molar-refractivity contribution in [1.29, 1.82) is 0 Å². The second kappa shape index (κ2) is 6.60. The van der Waals surface area contributed by atoms with E-state index in [1.54, 1.807) is 0 Å². The van der Waals surface area contributed by atoms with Crippen molar-refractivity contribution >= 4 is 15.9 Å². The van der Waals surface area contributed by atoms with Crippen molar-refractivity contribution in [2.75, 3.05) is 7.05 Å². The number of nitrogens with two attached hydrogens (primary N) is 1. The molecule has 0 aliphatic rings. The zero-order chi connectivity index (χ0) is 17.0. The lowest BCUT2D eigenvalue weighted by molar-refractivity contribution is 0.1000. The van der Waals surface area contributed by atoms with E-state index in [1.807, 2.05) is 0 Å². The van der Waals surface area contributed by atoms with E-state index in [4.69, 9.17) is 5.73 Å². The highest BCUT2D eigenvalue weighted by Crippen LogP contribution is 2.15. The minimum Gasteiger partial charge on any atom is -0.366 e. The lowest BCUT2D eigenvalue weighted by Crippen LogP contribution is -2.19. The number of hydrogen-bond acceptors (Lipinski definition) is 3. The smallest absolute Gasteiger partial charge is 0.249 e. The van der Waals surface area contributed by atoms with E-state index in [0.717, 1.165) is 0 Å². The Balaban J connectivity index is 2.53. The Morgan fingerprint density at radius 3 is 2.35 bits per heavy atom. The Kier molecular flexibility index (Phi) is 4.79. The molecule has 5 nitrogen and oxygen atoms in total. The number of carbonyl (C=O) groups is 1. The van der Waals surface area contributed by atoms with Crippen LogP contribution in [0.2, 0.25) is 0 Å². The topological polar surface area (TPSA) is 89.3 Å². The van der Waals surface area contributed by atoms with E-state index in [-0.39, 0.29) is 16.0 Å². The fraction of sp³-hybridized carbons (Fsp3) is 0.0625. The fourth-order valence-corrected chi connectivity index (χ4v) is 2.56. The SMILES string of the molecule is CNS(=O)(=O)c1ccc(C(N)=O)c(C#Cc2ccc(F)cc2)c1. The Bertz CT molecular complexity index is 911. The Morgan fingerprint density at radius 2 is 1.78 bits per heavy atom. The molecule has 2 rings (SSSR count). The summed E-state index contributed by atoms with van der Waals surface area (Å²) in [5.74, 6) is 4.33. The molecule has 0 heterocycles. The summed E-state index contributed by atoms with van der Waals surface area (Å²) in [7, 11) is -2.39. The molecule has 0 saturated carbocycles. The van der Waals surface area contributed by atoms with Crippen LogP contribution in [-0.2, 0) is 10.0 Å². The van der Waals surface area contributed by atoms with Crippen LogP contribution in [-0.4, -0.2) is 21.4 Å². The molecule has 0 radical (unpaired) electrons. The number of amides is 1. The zero-order valence-corrected chi connectivity index (χ0v) is 12.9. The predicted octanol–water partition coefficient (Wildman–Crippen LogP) is 1.23. The van der Waals surface area contributed by atoms with Crippen molar-refractivity contribution in [3.05, 3.63) is 65.0 Å². The number of hydrogen-bond donors (Lipinski definition) is 2. The van der Waals surface area contributed by atoms with Gasteiger partial charge in [0.2, 0.25) is 15.9 Å². The van der Waals surface area contributed by atoms with Gasteiger partial charge in [0.05, 0.1) is 10.5 Å². The van der Waals surface area contributed by atoms with Gasteiger partial charge in [-0.25, -0.2) is 17.5 Å². The number of rotatable bonds is 3. The highest BCUT2D eigenvalue weighted by atomic mass is 32.2. The van der Waals surface area contributed by atoms with Gasteiger partial charge in [0.1, 0.15) is 5.82 Å². The molecule has 2 aromatic rings. The van der Waals surface area contributed by atoms with E-state index in [1.165, 1.54) is 49.5 Å². The van der Waals surface area contributed by atoms with Crippen molar-refractivity contribution < 1.29 is 17.6 Å². The van der Waals surface area contributed by atoms with Gasteiger partial charge in [0, 0.05) is 11.1 Å². The maximum atomic E-state index is 12.9. The first-order valence-electron chi connectivity index (χ1n) is 6.48. The third-order valence-corrected chi connectivity index (χ3v) is 4.43. The summed E-state index contributed by atoms with van der Waals surface area (Å²) >= 11 is 0. The molecule has 0 bridgehead atoms. The molecule has 0 fully saturated rings. The summed E-state index contributed by atoms with van der Waals surface area (Å²) in [4.78, 5) is 11.4. The molecule has 118 valence electrons. The maximum absolute atomic E-state index is 12.9. The number of primary amides is 1. The number of benzene rings is 2. The molecule has 0 saturated heterocycles. The number of halogens is 1. The molecule has 0 spiro atoms. The van der Waals surface area contributed by atoms with Crippen molar-refractivity contribution in [2.45, 2.75) is 4.90 Å². The molecule has 3 N–H and O–H groups in total. The van der Waals surface area contributed by atoms with Crippen molar-refractivity contribution in [3.63, 3.8) is 0 Å². The second-order valence-corrected chi connectivity index (χ2v) is 6.42. The lowest BCUT2D eigenvalue weighted by Gasteiger charge is -2.05. The molecule has 0 atom stereocenters. The normalized spacial score (nSPS) is 10.7. The lowest BCUT2D eigenvalue weighted by atomic mass is 10.1. The van der Waals surface area contributed by atoms with Gasteiger partial charge in [-0.1, -0.05) is 11.8 Å². The maximum Gasteiger partial charge on any atom is 0.249 e. The molecule has 23 heavy (non-hydrogen) atoms. The van der Waals surface area contributed by atoms with E-state index in [0.29, 0.717) is 5.56 Å². The standard InChI is InChI=1S/C16H13FN2O3S/c1-19-23(21,22)14-8-9-15(16(18)20)12(10-14)5-2-11-3-6-13(17)7-4-11/h3-4,6-10,19H,1H3,(H2,18,20). The molecular formula is C16H13FN2O3S. The average Bonchev–Trinajstić information content (AvgIpc) is 2.54. The number of nitrogens with one attached hydrogen (secondary N) is 1. The molecule has 2 aromatic carbocycles. The van der Waals surface area contributed by atoms with Crippen LogP contribution in [0.5, 0.6) is 0 Å². The van der Waals surface area contributed by atoms with Crippen LogP contribution in [0.15, 0.2) is 47.4 Å². The van der Waals surface area contributed by atoms with E-state index >= 15 is 0 Å². The summed E-state index contributed by atoms with van der Waals surface area (Å²) in [6.45, 7) is 0. The monoisotopic (exact) mass is 332 g/mol. The first-order chi connectivity index (χ1) is 10.8. The molecule has 7 heteroatoms. The average molecular weight is 332 g/mol. The molecule has 0 aliphatic carbocycles. The summed E-state index contributed by atoms with van der Waals surface area (Å²) in [5.41, 5.74) is 6.08. The van der Waals surface area contributed by atoms with Gasteiger partial charge in [-0.2, -0.15) is 0 Å². The highest BCUT2D eigenvalue weighted by Gasteiger charge is 2.15. The van der Waals surface area contributed by atoms with Gasteiger partial charge >= 0.3 is 0 Å². The summed E-state index contributed by atoms with van der Waals surface area (Å²) < 4.78 is 38.7. The van der Waals surface area contributed by atoms with Gasteiger partial charge in [0.25, 0.3) is 0 Å². The fourth-order valence-electron chi connectivity index (χ4n) is 1.80. The van der Waals surface area contributed by atoms with Gasteiger partial charge in [0.15, 0.2) is 0 Å². The second-order valence-electron chi connectivity index (χ2n) is 4.54. The third-order valence-electron chi connectivity index (χ3n) is 3.02. The Hall–Kier alpha value is -2.69. The van der Waals surface area contributed by atoms with Crippen LogP contribution in [0, 0.1) is 17.7 Å². The van der Waals surface area contributed by atoms with Crippen LogP contribution >= 0.6 is 0 Å². The third kappa shape index (κ3) is 3.94. The minimum absolute atomic E-state index is 0.0339. The summed E-state index contributed by atoms with van der Waals surface area (Å²) in [5, 5.41) is 0. The van der Waals surface area contributed by atoms with Gasteiger partial charge in [-0.05, 0) is 49.5 Å². The zero-order valence-electron chi connectivity index (χ0n) is 12.1. The molecule has 0 unspecified atom stereocenters. The molecule has 0 aliphatic heterocycles. The van der Waals surface area contributed by atoms with Crippen LogP contribution in [0.25, 0.3) is 0 Å². The largest absolute Gasteiger partial charge is 0.366 e. The summed E-state index contributed by atoms with van der Waals surface area (Å²) in [6.07, 6.45) is 0. The van der Waals surface area contributed by atoms with E-state index in [9.17, 15) is 17.6 Å². The van der Waals surface area contributed by atoms with Crippen LogP contribution in [0.4, 0.5) is 4.39 Å². The number of sulfonamides is 1. The van der Waals surface area contributed by atoms with Gasteiger partial charge in [-0.15, -0.1) is 0 Å². The molecule has 0 aromatic heterocycles. The van der Waals surface area contributed by atoms with Gasteiger partial charge in [-0.3, -0.25) is 4.79 Å². The Morgan fingerprint density at radius 1 is 1.13 bits per heavy atom. The van der Waals surface area contributed by atoms with Crippen molar-refractivity contribution in [2.24, 2.45) is 5.73 Å². The van der Waals surface area contributed by atoms with Crippen LogP contribution in [0.3, 0.4) is 0 Å². The predicted molar refractivity (Wildman–Crippen MR) is 83.6 cm³/mol. The van der Waals surface area contributed by atoms with Gasteiger partial charge < -0.3 is 5.73 Å². The quantitative estimate of drug-likeness (QED) is 0.829. The Labute approximate surface area is 133 Å². The first-order valence-corrected chi connectivity index (χ1v) is 7.97. The molecule has 1 amide bonds. The minimum atomic E-state index is -3.67. The van der Waals surface area contributed by atoms with Crippen LogP contribution < -0.4 is 10.5 Å². The van der Waals surface area contributed by atoms with Crippen molar-refractivity contribution in [3.8, 4) is 11.8 Å². The molecular weight excluding hydrogens is 319 g/mol. The van der Waals surface area contributed by atoms with Crippen molar-refractivity contribution in [1.82, 2.24) is 4.72 Å². The van der Waals surface area contributed by atoms with E-state index in [2.05, 4.69) is 16.6 Å². The number of carbonyl (C=O) groups excluding carboxylic acids is 1. The summed E-state index contributed by atoms with van der Waals surface area (Å²) in [6, 6.07) is 9.29. The first kappa shape index (κ1) is 16.7.